The molecule has 3 heterocycles. The van der Waals surface area contributed by atoms with Crippen LogP contribution in [0.5, 0.6) is 0 Å². The molecular weight excluding hydrogens is 360 g/mol. The average Bonchev–Trinajstić information content (AvgIpc) is 3.32. The van der Waals surface area contributed by atoms with Crippen molar-refractivity contribution in [3.05, 3.63) is 53.2 Å². The summed E-state index contributed by atoms with van der Waals surface area (Å²) in [6.45, 7) is 0.328. The Morgan fingerprint density at radius 3 is 2.82 bits per heavy atom. The maximum atomic E-state index is 12.8. The second-order valence-electron chi connectivity index (χ2n) is 6.78. The van der Waals surface area contributed by atoms with Gasteiger partial charge in [0.1, 0.15) is 24.3 Å². The summed E-state index contributed by atoms with van der Waals surface area (Å²) in [6.07, 6.45) is 4.13. The molecule has 1 atom stereocenters. The minimum atomic E-state index is -0.543. The maximum absolute atomic E-state index is 12.8. The smallest absolute Gasteiger partial charge is 0.264 e. The number of hydrogen-bond acceptors (Lipinski definition) is 5. The van der Waals surface area contributed by atoms with Gasteiger partial charge < -0.3 is 10.2 Å². The fraction of sp³-hybridized carbons (Fsp3) is 0.316. The van der Waals surface area contributed by atoms with E-state index in [1.807, 2.05) is 18.2 Å². The van der Waals surface area contributed by atoms with Crippen molar-refractivity contribution >= 4 is 28.5 Å². The largest absolute Gasteiger partial charge is 0.329 e. The maximum Gasteiger partial charge on any atom is 0.264 e. The van der Waals surface area contributed by atoms with E-state index in [2.05, 4.69) is 15.4 Å². The number of carbonyl (C=O) groups is 2. The van der Waals surface area contributed by atoms with Crippen molar-refractivity contribution in [2.75, 3.05) is 11.9 Å². The summed E-state index contributed by atoms with van der Waals surface area (Å²) in [5, 5.41) is 7.23. The summed E-state index contributed by atoms with van der Waals surface area (Å²) in [6, 6.07) is 8.59. The minimum Gasteiger partial charge on any atom is -0.329 e. The molecule has 2 amide bonds. The van der Waals surface area contributed by atoms with Crippen LogP contribution in [0.4, 0.5) is 5.69 Å². The third-order valence-corrected chi connectivity index (χ3v) is 4.94. The highest BCUT2D eigenvalue weighted by Gasteiger charge is 2.34. The second kappa shape index (κ2) is 7.26. The molecule has 0 spiro atoms. The van der Waals surface area contributed by atoms with E-state index >= 15 is 0 Å². The zero-order valence-electron chi connectivity index (χ0n) is 15.4. The number of anilines is 1. The number of fused-ring (bicyclic) bond motifs is 1. The first-order valence-corrected chi connectivity index (χ1v) is 9.07. The van der Waals surface area contributed by atoms with Crippen LogP contribution in [0.15, 0.2) is 47.7 Å². The number of carbonyl (C=O) groups excluding carboxylic acids is 2. The predicted molar refractivity (Wildman–Crippen MR) is 103 cm³/mol. The number of nitrogens with zero attached hydrogens (tertiary/aromatic N) is 5. The van der Waals surface area contributed by atoms with Gasteiger partial charge in [-0.15, -0.1) is 0 Å². The van der Waals surface area contributed by atoms with Crippen LogP contribution in [0.3, 0.4) is 0 Å². The topological polar surface area (TPSA) is 102 Å². The van der Waals surface area contributed by atoms with Gasteiger partial charge in [0.2, 0.25) is 11.8 Å². The van der Waals surface area contributed by atoms with Gasteiger partial charge in [-0.25, -0.2) is 4.98 Å². The van der Waals surface area contributed by atoms with Crippen LogP contribution < -0.4 is 10.9 Å². The molecule has 9 heteroatoms. The van der Waals surface area contributed by atoms with E-state index in [1.165, 1.54) is 26.7 Å². The van der Waals surface area contributed by atoms with Crippen LogP contribution in [0.25, 0.3) is 11.0 Å². The first-order valence-electron chi connectivity index (χ1n) is 9.07. The van der Waals surface area contributed by atoms with Crippen LogP contribution in [0, 0.1) is 0 Å². The molecule has 0 unspecified atom stereocenters. The van der Waals surface area contributed by atoms with E-state index in [4.69, 9.17) is 0 Å². The van der Waals surface area contributed by atoms with Gasteiger partial charge >= 0.3 is 0 Å². The fourth-order valence-corrected chi connectivity index (χ4v) is 3.50. The molecule has 1 aromatic carbocycles. The predicted octanol–water partition coefficient (Wildman–Crippen LogP) is 0.760. The Kier molecular flexibility index (Phi) is 4.64. The number of hydrogen-bond donors (Lipinski definition) is 1. The third-order valence-electron chi connectivity index (χ3n) is 4.94. The summed E-state index contributed by atoms with van der Waals surface area (Å²) >= 11 is 0. The lowest BCUT2D eigenvalue weighted by Gasteiger charge is -2.24. The van der Waals surface area contributed by atoms with Gasteiger partial charge in [-0.1, -0.05) is 18.2 Å². The summed E-state index contributed by atoms with van der Waals surface area (Å²) in [5.41, 5.74) is 0.833. The van der Waals surface area contributed by atoms with E-state index in [1.54, 1.807) is 19.2 Å². The van der Waals surface area contributed by atoms with E-state index < -0.39 is 6.04 Å². The van der Waals surface area contributed by atoms with Crippen LogP contribution in [-0.2, 0) is 23.2 Å². The molecule has 1 aliphatic rings. The number of likely N-dealkylation sites (tertiary alicyclic amines) is 1. The van der Waals surface area contributed by atoms with Gasteiger partial charge in [0.05, 0.1) is 6.20 Å². The molecule has 28 heavy (non-hydrogen) atoms. The Morgan fingerprint density at radius 1 is 1.25 bits per heavy atom. The van der Waals surface area contributed by atoms with Gasteiger partial charge in [-0.05, 0) is 25.0 Å². The van der Waals surface area contributed by atoms with Gasteiger partial charge in [0, 0.05) is 19.3 Å². The Bertz CT molecular complexity index is 1090. The molecule has 0 saturated carbocycles. The number of aromatic nitrogens is 4. The number of rotatable bonds is 4. The monoisotopic (exact) mass is 380 g/mol. The SMILES string of the molecule is Cn1ncc2c(=O)n(CC(=O)N3CCC[C@@H]3C(=O)Nc3ccccc3)cnc21. The van der Waals surface area contributed by atoms with E-state index in [-0.39, 0.29) is 23.9 Å². The molecular formula is C19H20N6O3. The molecule has 0 radical (unpaired) electrons. The average molecular weight is 380 g/mol. The van der Waals surface area contributed by atoms with Crippen LogP contribution in [0.2, 0.25) is 0 Å². The van der Waals surface area contributed by atoms with Crippen molar-refractivity contribution in [2.45, 2.75) is 25.4 Å². The second-order valence-corrected chi connectivity index (χ2v) is 6.78. The highest BCUT2D eigenvalue weighted by atomic mass is 16.2. The van der Waals surface area contributed by atoms with E-state index in [9.17, 15) is 14.4 Å². The third kappa shape index (κ3) is 3.26. The van der Waals surface area contributed by atoms with Crippen molar-refractivity contribution in [1.82, 2.24) is 24.2 Å². The summed E-state index contributed by atoms with van der Waals surface area (Å²) < 4.78 is 2.77. The van der Waals surface area contributed by atoms with E-state index in [0.29, 0.717) is 29.7 Å². The Hall–Kier alpha value is -3.49. The van der Waals surface area contributed by atoms with E-state index in [0.717, 1.165) is 6.42 Å². The van der Waals surface area contributed by atoms with Crippen molar-refractivity contribution < 1.29 is 9.59 Å². The van der Waals surface area contributed by atoms with Gasteiger partial charge in [0.15, 0.2) is 5.65 Å². The lowest BCUT2D eigenvalue weighted by molar-refractivity contribution is -0.137. The summed E-state index contributed by atoms with van der Waals surface area (Å²) in [5.74, 6) is -0.497. The number of amides is 2. The molecule has 3 aromatic rings. The van der Waals surface area contributed by atoms with Crippen LogP contribution in [0.1, 0.15) is 12.8 Å². The van der Waals surface area contributed by atoms with Crippen molar-refractivity contribution in [2.24, 2.45) is 7.05 Å². The Labute approximate surface area is 160 Å². The van der Waals surface area contributed by atoms with Gasteiger partial charge in [-0.3, -0.25) is 23.6 Å². The number of benzene rings is 1. The summed E-state index contributed by atoms with van der Waals surface area (Å²) in [7, 11) is 1.70. The van der Waals surface area contributed by atoms with Crippen molar-refractivity contribution in [3.63, 3.8) is 0 Å². The lowest BCUT2D eigenvalue weighted by atomic mass is 10.2. The standard InChI is InChI=1S/C19H20N6O3/c1-23-17-14(10-21-23)19(28)24(12-20-17)11-16(26)25-9-5-8-15(25)18(27)22-13-6-3-2-4-7-13/h2-4,6-7,10,12,15H,5,8-9,11H2,1H3,(H,22,27)/t15-/m1/s1. The Balaban J connectivity index is 1.50. The molecule has 2 aromatic heterocycles. The molecule has 0 bridgehead atoms. The minimum absolute atomic E-state index is 0.161. The lowest BCUT2D eigenvalue weighted by Crippen LogP contribution is -2.45. The van der Waals surface area contributed by atoms with Crippen molar-refractivity contribution in [1.29, 1.82) is 0 Å². The molecule has 9 nitrogen and oxygen atoms in total. The molecule has 0 aliphatic carbocycles. The van der Waals surface area contributed by atoms with Crippen LogP contribution in [-0.4, -0.2) is 48.6 Å². The zero-order chi connectivity index (χ0) is 19.7. The number of aryl methyl sites for hydroxylation is 1. The van der Waals surface area contributed by atoms with Gasteiger partial charge in [0.25, 0.3) is 5.56 Å². The quantitative estimate of drug-likeness (QED) is 0.720. The highest BCUT2D eigenvalue weighted by Crippen LogP contribution is 2.20. The molecule has 1 saturated heterocycles. The van der Waals surface area contributed by atoms with Crippen molar-refractivity contribution in [3.8, 4) is 0 Å². The first-order chi connectivity index (χ1) is 13.5. The molecule has 144 valence electrons. The normalized spacial score (nSPS) is 16.5. The first kappa shape index (κ1) is 17.9. The number of para-hydroxylation sites is 1. The molecule has 1 N–H and O–H groups in total. The van der Waals surface area contributed by atoms with Gasteiger partial charge in [-0.2, -0.15) is 5.10 Å². The van der Waals surface area contributed by atoms with Crippen LogP contribution >= 0.6 is 0 Å². The Morgan fingerprint density at radius 2 is 2.04 bits per heavy atom. The molecule has 1 aliphatic heterocycles. The number of nitrogens with one attached hydrogen (secondary N) is 1. The molecule has 4 rings (SSSR count). The summed E-state index contributed by atoms with van der Waals surface area (Å²) in [4.78, 5) is 43.8. The molecule has 1 fully saturated rings. The fourth-order valence-electron chi connectivity index (χ4n) is 3.50. The highest BCUT2D eigenvalue weighted by molar-refractivity contribution is 5.97. The zero-order valence-corrected chi connectivity index (χ0v) is 15.4.